The summed E-state index contributed by atoms with van der Waals surface area (Å²) in [5.41, 5.74) is 2.57. The quantitative estimate of drug-likeness (QED) is 0.906. The molecule has 0 saturated carbocycles. The number of halogens is 1. The lowest BCUT2D eigenvalue weighted by atomic mass is 10.0. The van der Waals surface area contributed by atoms with Crippen molar-refractivity contribution >= 4 is 18.3 Å². The largest absolute Gasteiger partial charge is 0.340 e. The first-order valence-corrected chi connectivity index (χ1v) is 6.30. The maximum Gasteiger partial charge on any atom is 0.222 e. The van der Waals surface area contributed by atoms with Crippen LogP contribution in [0.25, 0.3) is 0 Å². The standard InChI is InChI=1S/C14H20N2O.ClH/c1-12-4-2-3-5-13(12)6-7-14(17)16-10-8-15-9-11-16;/h2-5,15H,6-11H2,1H3;1H. The zero-order chi connectivity index (χ0) is 12.1. The van der Waals surface area contributed by atoms with Crippen LogP contribution in [0.4, 0.5) is 0 Å². The first-order valence-electron chi connectivity index (χ1n) is 6.30. The van der Waals surface area contributed by atoms with Crippen molar-refractivity contribution in [3.05, 3.63) is 35.4 Å². The van der Waals surface area contributed by atoms with Gasteiger partial charge in [-0.3, -0.25) is 4.79 Å². The van der Waals surface area contributed by atoms with Crippen molar-refractivity contribution in [3.8, 4) is 0 Å². The molecular weight excluding hydrogens is 248 g/mol. The number of amides is 1. The highest BCUT2D eigenvalue weighted by Crippen LogP contribution is 2.10. The lowest BCUT2D eigenvalue weighted by molar-refractivity contribution is -0.131. The summed E-state index contributed by atoms with van der Waals surface area (Å²) in [4.78, 5) is 13.9. The second-order valence-corrected chi connectivity index (χ2v) is 4.56. The Hall–Kier alpha value is -1.06. The number of nitrogens with zero attached hydrogens (tertiary/aromatic N) is 1. The van der Waals surface area contributed by atoms with Crippen molar-refractivity contribution in [1.29, 1.82) is 0 Å². The molecule has 1 aromatic rings. The molecule has 0 spiro atoms. The van der Waals surface area contributed by atoms with Crippen molar-refractivity contribution in [3.63, 3.8) is 0 Å². The van der Waals surface area contributed by atoms with Gasteiger partial charge in [0.2, 0.25) is 5.91 Å². The van der Waals surface area contributed by atoms with Crippen molar-refractivity contribution in [1.82, 2.24) is 10.2 Å². The predicted octanol–water partition coefficient (Wildman–Crippen LogP) is 1.78. The minimum Gasteiger partial charge on any atom is -0.340 e. The van der Waals surface area contributed by atoms with Gasteiger partial charge in [-0.25, -0.2) is 0 Å². The SMILES string of the molecule is Cc1ccccc1CCC(=O)N1CCNCC1.Cl. The number of benzene rings is 1. The minimum atomic E-state index is 0. The van der Waals surface area contributed by atoms with Crippen LogP contribution in [-0.4, -0.2) is 37.0 Å². The molecule has 1 amide bonds. The number of hydrogen-bond donors (Lipinski definition) is 1. The Labute approximate surface area is 115 Å². The van der Waals surface area contributed by atoms with Crippen molar-refractivity contribution in [2.24, 2.45) is 0 Å². The molecule has 2 rings (SSSR count). The molecule has 4 heteroatoms. The number of carbonyl (C=O) groups excluding carboxylic acids is 1. The molecule has 1 saturated heterocycles. The fraction of sp³-hybridized carbons (Fsp3) is 0.500. The molecule has 3 nitrogen and oxygen atoms in total. The molecule has 0 bridgehead atoms. The summed E-state index contributed by atoms with van der Waals surface area (Å²) in [7, 11) is 0. The van der Waals surface area contributed by atoms with E-state index in [1.54, 1.807) is 0 Å². The van der Waals surface area contributed by atoms with Crippen LogP contribution in [0.5, 0.6) is 0 Å². The van der Waals surface area contributed by atoms with Crippen LogP contribution in [0.3, 0.4) is 0 Å². The van der Waals surface area contributed by atoms with Crippen LogP contribution in [0, 0.1) is 6.92 Å². The van der Waals surface area contributed by atoms with Crippen molar-refractivity contribution in [2.45, 2.75) is 19.8 Å². The van der Waals surface area contributed by atoms with E-state index in [4.69, 9.17) is 0 Å². The average Bonchev–Trinajstić information content (AvgIpc) is 2.38. The summed E-state index contributed by atoms with van der Waals surface area (Å²) < 4.78 is 0. The van der Waals surface area contributed by atoms with E-state index in [0.717, 1.165) is 32.6 Å². The highest BCUT2D eigenvalue weighted by Gasteiger charge is 2.15. The van der Waals surface area contributed by atoms with Gasteiger partial charge in [-0.05, 0) is 24.5 Å². The topological polar surface area (TPSA) is 32.3 Å². The maximum absolute atomic E-state index is 12.0. The van der Waals surface area contributed by atoms with E-state index in [1.165, 1.54) is 11.1 Å². The first-order chi connectivity index (χ1) is 8.27. The van der Waals surface area contributed by atoms with Crippen LogP contribution in [-0.2, 0) is 11.2 Å². The third-order valence-electron chi connectivity index (χ3n) is 3.34. The van der Waals surface area contributed by atoms with Gasteiger partial charge in [0.1, 0.15) is 0 Å². The van der Waals surface area contributed by atoms with E-state index >= 15 is 0 Å². The zero-order valence-electron chi connectivity index (χ0n) is 10.8. The predicted molar refractivity (Wildman–Crippen MR) is 76.2 cm³/mol. The third-order valence-corrected chi connectivity index (χ3v) is 3.34. The molecule has 1 fully saturated rings. The number of hydrogen-bond acceptors (Lipinski definition) is 2. The zero-order valence-corrected chi connectivity index (χ0v) is 11.6. The lowest BCUT2D eigenvalue weighted by Crippen LogP contribution is -2.46. The Balaban J connectivity index is 0.00000162. The molecule has 0 radical (unpaired) electrons. The Bertz CT molecular complexity index is 389. The summed E-state index contributed by atoms with van der Waals surface area (Å²) in [5, 5.41) is 3.26. The van der Waals surface area contributed by atoms with Gasteiger partial charge in [0.15, 0.2) is 0 Å². The fourth-order valence-corrected chi connectivity index (χ4v) is 2.20. The fourth-order valence-electron chi connectivity index (χ4n) is 2.20. The van der Waals surface area contributed by atoms with Crippen LogP contribution in [0.1, 0.15) is 17.5 Å². The molecule has 1 aromatic carbocycles. The number of piperazine rings is 1. The number of rotatable bonds is 3. The third kappa shape index (κ3) is 4.00. The number of aryl methyl sites for hydroxylation is 2. The number of nitrogens with one attached hydrogen (secondary N) is 1. The van der Waals surface area contributed by atoms with Crippen molar-refractivity contribution < 1.29 is 4.79 Å². The second-order valence-electron chi connectivity index (χ2n) is 4.56. The molecular formula is C14H21ClN2O. The van der Waals surface area contributed by atoms with Gasteiger partial charge in [-0.1, -0.05) is 24.3 Å². The summed E-state index contributed by atoms with van der Waals surface area (Å²) in [6, 6.07) is 8.29. The van der Waals surface area contributed by atoms with Crippen LogP contribution < -0.4 is 5.32 Å². The Kier molecular flexibility index (Phi) is 6.16. The first kappa shape index (κ1) is 15.0. The molecule has 0 aromatic heterocycles. The molecule has 18 heavy (non-hydrogen) atoms. The minimum absolute atomic E-state index is 0. The van der Waals surface area contributed by atoms with Gasteiger partial charge in [0, 0.05) is 32.6 Å². The van der Waals surface area contributed by atoms with E-state index < -0.39 is 0 Å². The molecule has 1 aliphatic rings. The summed E-state index contributed by atoms with van der Waals surface area (Å²) in [5.74, 6) is 0.287. The summed E-state index contributed by atoms with van der Waals surface area (Å²) in [6.45, 7) is 5.66. The summed E-state index contributed by atoms with van der Waals surface area (Å²) in [6.07, 6.45) is 1.49. The van der Waals surface area contributed by atoms with Gasteiger partial charge >= 0.3 is 0 Å². The van der Waals surface area contributed by atoms with Crippen molar-refractivity contribution in [2.75, 3.05) is 26.2 Å². The van der Waals surface area contributed by atoms with Gasteiger partial charge in [-0.2, -0.15) is 0 Å². The highest BCUT2D eigenvalue weighted by molar-refractivity contribution is 5.85. The average molecular weight is 269 g/mol. The van der Waals surface area contributed by atoms with Gasteiger partial charge in [0.05, 0.1) is 0 Å². The van der Waals surface area contributed by atoms with Crippen LogP contribution in [0.15, 0.2) is 24.3 Å². The molecule has 0 aliphatic carbocycles. The highest BCUT2D eigenvalue weighted by atomic mass is 35.5. The Morgan fingerprint density at radius 1 is 1.28 bits per heavy atom. The van der Waals surface area contributed by atoms with Crippen LogP contribution >= 0.6 is 12.4 Å². The van der Waals surface area contributed by atoms with Gasteiger partial charge < -0.3 is 10.2 Å². The molecule has 100 valence electrons. The lowest BCUT2D eigenvalue weighted by Gasteiger charge is -2.27. The van der Waals surface area contributed by atoms with Gasteiger partial charge in [0.25, 0.3) is 0 Å². The molecule has 1 aliphatic heterocycles. The second kappa shape index (κ2) is 7.39. The van der Waals surface area contributed by atoms with E-state index in [1.807, 2.05) is 17.0 Å². The molecule has 0 unspecified atom stereocenters. The molecule has 0 atom stereocenters. The van der Waals surface area contributed by atoms with E-state index in [9.17, 15) is 4.79 Å². The van der Waals surface area contributed by atoms with E-state index in [-0.39, 0.29) is 18.3 Å². The monoisotopic (exact) mass is 268 g/mol. The normalized spacial score (nSPS) is 15.1. The van der Waals surface area contributed by atoms with E-state index in [2.05, 4.69) is 24.4 Å². The van der Waals surface area contributed by atoms with E-state index in [0.29, 0.717) is 6.42 Å². The summed E-state index contributed by atoms with van der Waals surface area (Å²) >= 11 is 0. The Morgan fingerprint density at radius 2 is 1.94 bits per heavy atom. The molecule has 1 N–H and O–H groups in total. The maximum atomic E-state index is 12.0. The number of carbonyl (C=O) groups is 1. The van der Waals surface area contributed by atoms with Gasteiger partial charge in [-0.15, -0.1) is 12.4 Å². The smallest absolute Gasteiger partial charge is 0.222 e. The molecule has 1 heterocycles. The Morgan fingerprint density at radius 3 is 2.61 bits per heavy atom. The van der Waals surface area contributed by atoms with Crippen LogP contribution in [0.2, 0.25) is 0 Å².